The summed E-state index contributed by atoms with van der Waals surface area (Å²) in [6.07, 6.45) is 6.98. The molecule has 1 fully saturated rings. The molecule has 0 aromatic rings. The Hall–Kier alpha value is -1.54. The highest BCUT2D eigenvalue weighted by Crippen LogP contribution is 2.34. The van der Waals surface area contributed by atoms with Gasteiger partial charge in [0.1, 0.15) is 0 Å². The molecule has 1 aliphatic rings. The molecule has 0 aromatic heterocycles. The lowest BCUT2D eigenvalue weighted by molar-refractivity contribution is -0.153. The first kappa shape index (κ1) is 15.5. The Kier molecular flexibility index (Phi) is 4.96. The van der Waals surface area contributed by atoms with Gasteiger partial charge in [-0.05, 0) is 32.6 Å². The topological polar surface area (TPSA) is 83.6 Å². The molecule has 3 N–H and O–H groups in total. The molecule has 106 valence electrons. The van der Waals surface area contributed by atoms with Crippen LogP contribution >= 0.6 is 0 Å². The highest BCUT2D eigenvalue weighted by molar-refractivity contribution is 5.82. The number of terminal acetylenes is 1. The molecular formula is C14H22N2O3. The molecule has 5 heteroatoms. The van der Waals surface area contributed by atoms with E-state index in [0.29, 0.717) is 13.1 Å². The molecule has 0 spiro atoms. The van der Waals surface area contributed by atoms with Crippen LogP contribution in [-0.2, 0) is 9.59 Å². The number of carboxylic acid groups (broad SMARTS) is 1. The number of likely N-dealkylation sites (tertiary alicyclic amines) is 1. The zero-order valence-electron chi connectivity index (χ0n) is 11.6. The molecule has 0 aliphatic carbocycles. The third-order valence-electron chi connectivity index (χ3n) is 3.96. The van der Waals surface area contributed by atoms with Gasteiger partial charge in [-0.1, -0.05) is 0 Å². The van der Waals surface area contributed by atoms with E-state index in [1.807, 2.05) is 0 Å². The number of amides is 1. The van der Waals surface area contributed by atoms with E-state index in [1.54, 1.807) is 18.7 Å². The van der Waals surface area contributed by atoms with Crippen LogP contribution in [0.4, 0.5) is 0 Å². The highest BCUT2D eigenvalue weighted by atomic mass is 16.4. The molecular weight excluding hydrogens is 244 g/mol. The number of nitrogens with zero attached hydrogens (tertiary/aromatic N) is 1. The fraction of sp³-hybridized carbons (Fsp3) is 0.714. The summed E-state index contributed by atoms with van der Waals surface area (Å²) in [6.45, 7) is 4.48. The number of hydrogen-bond donors (Lipinski definition) is 2. The number of aliphatic carboxylic acids is 1. The maximum Gasteiger partial charge on any atom is 0.309 e. The molecule has 5 nitrogen and oxygen atoms in total. The molecule has 1 aliphatic heterocycles. The number of nitrogens with two attached hydrogens (primary N) is 1. The van der Waals surface area contributed by atoms with E-state index < -0.39 is 17.4 Å². The molecule has 19 heavy (non-hydrogen) atoms. The van der Waals surface area contributed by atoms with Gasteiger partial charge in [0.2, 0.25) is 5.91 Å². The second kappa shape index (κ2) is 6.07. The second-order valence-corrected chi connectivity index (χ2v) is 5.66. The molecule has 1 amide bonds. The van der Waals surface area contributed by atoms with Crippen molar-refractivity contribution in [1.82, 2.24) is 4.90 Å². The zero-order valence-corrected chi connectivity index (χ0v) is 11.6. The average molecular weight is 266 g/mol. The van der Waals surface area contributed by atoms with Crippen LogP contribution < -0.4 is 5.73 Å². The molecule has 0 saturated carbocycles. The van der Waals surface area contributed by atoms with Gasteiger partial charge in [0.25, 0.3) is 0 Å². The number of piperidine rings is 1. The monoisotopic (exact) mass is 266 g/mol. The molecule has 1 saturated heterocycles. The van der Waals surface area contributed by atoms with Crippen molar-refractivity contribution in [3.63, 3.8) is 0 Å². The van der Waals surface area contributed by atoms with Gasteiger partial charge in [0.05, 0.1) is 11.5 Å². The van der Waals surface area contributed by atoms with Crippen LogP contribution in [0.1, 0.15) is 33.1 Å². The quantitative estimate of drug-likeness (QED) is 0.733. The predicted octanol–water partition coefficient (Wildman–Crippen LogP) is 0.686. The summed E-state index contributed by atoms with van der Waals surface area (Å²) in [7, 11) is 0. The molecule has 0 radical (unpaired) electrons. The van der Waals surface area contributed by atoms with Crippen LogP contribution in [0.15, 0.2) is 0 Å². The molecule has 2 atom stereocenters. The van der Waals surface area contributed by atoms with E-state index in [2.05, 4.69) is 5.92 Å². The van der Waals surface area contributed by atoms with Crippen molar-refractivity contribution in [3.05, 3.63) is 0 Å². The van der Waals surface area contributed by atoms with Crippen molar-refractivity contribution in [2.45, 2.75) is 39.2 Å². The predicted molar refractivity (Wildman–Crippen MR) is 72.1 cm³/mol. The smallest absolute Gasteiger partial charge is 0.309 e. The SMILES string of the molecule is C#CCC(N)C(=O)N1CCCC(C(C)(C)C(=O)O)C1. The molecule has 2 unspecified atom stereocenters. The lowest BCUT2D eigenvalue weighted by Gasteiger charge is -2.39. The summed E-state index contributed by atoms with van der Waals surface area (Å²) in [5, 5.41) is 9.26. The Labute approximate surface area is 114 Å². The van der Waals surface area contributed by atoms with Crippen molar-refractivity contribution in [1.29, 1.82) is 0 Å². The Morgan fingerprint density at radius 1 is 1.58 bits per heavy atom. The molecule has 0 bridgehead atoms. The number of hydrogen-bond acceptors (Lipinski definition) is 3. The lowest BCUT2D eigenvalue weighted by Crippen LogP contribution is -2.51. The standard InChI is InChI=1S/C14H22N2O3/c1-4-6-11(15)12(17)16-8-5-7-10(9-16)14(2,3)13(18)19/h1,10-11H,5-9,15H2,2-3H3,(H,18,19). The van der Waals surface area contributed by atoms with Gasteiger partial charge in [-0.2, -0.15) is 0 Å². The molecule has 0 aromatic carbocycles. The highest BCUT2D eigenvalue weighted by Gasteiger charge is 2.40. The van der Waals surface area contributed by atoms with Crippen molar-refractivity contribution < 1.29 is 14.7 Å². The van der Waals surface area contributed by atoms with Crippen molar-refractivity contribution >= 4 is 11.9 Å². The molecule has 1 rings (SSSR count). The number of carbonyl (C=O) groups is 2. The van der Waals surface area contributed by atoms with Gasteiger partial charge in [0, 0.05) is 19.5 Å². The van der Waals surface area contributed by atoms with E-state index in [4.69, 9.17) is 12.2 Å². The van der Waals surface area contributed by atoms with Crippen LogP contribution in [-0.4, -0.2) is 41.0 Å². The summed E-state index contributed by atoms with van der Waals surface area (Å²) in [5.41, 5.74) is 4.88. The largest absolute Gasteiger partial charge is 0.481 e. The number of carboxylic acids is 1. The van der Waals surface area contributed by atoms with E-state index in [1.165, 1.54) is 0 Å². The summed E-state index contributed by atoms with van der Waals surface area (Å²) >= 11 is 0. The Bertz CT molecular complexity index is 398. The number of carbonyl (C=O) groups excluding carboxylic acids is 1. The normalized spacial score (nSPS) is 21.6. The average Bonchev–Trinajstić information content (AvgIpc) is 2.38. The van der Waals surface area contributed by atoms with Gasteiger partial charge < -0.3 is 15.7 Å². The van der Waals surface area contributed by atoms with Gasteiger partial charge in [-0.15, -0.1) is 12.3 Å². The Morgan fingerprint density at radius 3 is 2.74 bits per heavy atom. The minimum Gasteiger partial charge on any atom is -0.481 e. The summed E-state index contributed by atoms with van der Waals surface area (Å²) in [4.78, 5) is 25.0. The van der Waals surface area contributed by atoms with Crippen molar-refractivity contribution in [2.24, 2.45) is 17.1 Å². The van der Waals surface area contributed by atoms with E-state index in [-0.39, 0.29) is 18.2 Å². The fourth-order valence-electron chi connectivity index (χ4n) is 2.39. The Balaban J connectivity index is 2.73. The summed E-state index contributed by atoms with van der Waals surface area (Å²) in [5.74, 6) is 1.32. The minimum absolute atomic E-state index is 0.0549. The first-order valence-electron chi connectivity index (χ1n) is 6.52. The third-order valence-corrected chi connectivity index (χ3v) is 3.96. The van der Waals surface area contributed by atoms with Crippen LogP contribution in [0.5, 0.6) is 0 Å². The van der Waals surface area contributed by atoms with Crippen LogP contribution in [0.3, 0.4) is 0 Å². The summed E-state index contributed by atoms with van der Waals surface area (Å²) in [6, 6.07) is -0.684. The van der Waals surface area contributed by atoms with Gasteiger partial charge >= 0.3 is 5.97 Å². The van der Waals surface area contributed by atoms with Gasteiger partial charge in [-0.25, -0.2) is 0 Å². The first-order valence-corrected chi connectivity index (χ1v) is 6.52. The van der Waals surface area contributed by atoms with E-state index >= 15 is 0 Å². The van der Waals surface area contributed by atoms with Crippen LogP contribution in [0.25, 0.3) is 0 Å². The van der Waals surface area contributed by atoms with Crippen molar-refractivity contribution in [3.8, 4) is 12.3 Å². The maximum absolute atomic E-state index is 12.1. The first-order chi connectivity index (χ1) is 8.80. The second-order valence-electron chi connectivity index (χ2n) is 5.66. The van der Waals surface area contributed by atoms with Crippen LogP contribution in [0.2, 0.25) is 0 Å². The Morgan fingerprint density at radius 2 is 2.21 bits per heavy atom. The summed E-state index contributed by atoms with van der Waals surface area (Å²) < 4.78 is 0. The zero-order chi connectivity index (χ0) is 14.6. The van der Waals surface area contributed by atoms with E-state index in [0.717, 1.165) is 12.8 Å². The number of rotatable bonds is 4. The minimum atomic E-state index is -0.838. The van der Waals surface area contributed by atoms with Gasteiger partial charge in [-0.3, -0.25) is 9.59 Å². The van der Waals surface area contributed by atoms with Crippen molar-refractivity contribution in [2.75, 3.05) is 13.1 Å². The maximum atomic E-state index is 12.1. The lowest BCUT2D eigenvalue weighted by atomic mass is 9.74. The van der Waals surface area contributed by atoms with E-state index in [9.17, 15) is 14.7 Å². The van der Waals surface area contributed by atoms with Gasteiger partial charge in [0.15, 0.2) is 0 Å². The fourth-order valence-corrected chi connectivity index (χ4v) is 2.39. The molecule has 1 heterocycles. The third kappa shape index (κ3) is 3.48. The van der Waals surface area contributed by atoms with Crippen LogP contribution in [0, 0.1) is 23.7 Å².